The molecule has 2 aromatic rings. The highest BCUT2D eigenvalue weighted by molar-refractivity contribution is 6.30. The number of halogens is 3. The van der Waals surface area contributed by atoms with Crippen molar-refractivity contribution in [3.63, 3.8) is 0 Å². The van der Waals surface area contributed by atoms with E-state index < -0.39 is 17.7 Å². The van der Waals surface area contributed by atoms with E-state index in [4.69, 9.17) is 16.9 Å². The largest absolute Gasteiger partial charge is 0.374 e. The first-order chi connectivity index (χ1) is 15.5. The van der Waals surface area contributed by atoms with E-state index in [-0.39, 0.29) is 28.6 Å². The molecule has 11 heteroatoms. The van der Waals surface area contributed by atoms with Crippen molar-refractivity contribution in [1.29, 1.82) is 5.26 Å². The predicted octanol–water partition coefficient (Wildman–Crippen LogP) is 3.37. The fraction of sp³-hybridized carbons (Fsp3) is 0.429. The molecule has 1 aromatic carbocycles. The lowest BCUT2D eigenvalue weighted by Gasteiger charge is -2.43. The number of nitrogens with one attached hydrogen (secondary N) is 2. The molecule has 4 rings (SSSR count). The first-order valence-corrected chi connectivity index (χ1v) is 10.8. The average molecular weight is 462 g/mol. The van der Waals surface area contributed by atoms with Gasteiger partial charge in [-0.25, -0.2) is 14.4 Å². The summed E-state index contributed by atoms with van der Waals surface area (Å²) in [5, 5.41) is 14.3. The summed E-state index contributed by atoms with van der Waals surface area (Å²) in [6, 6.07) is 3.51. The molecule has 3 heterocycles. The number of carbonyl (C=O) groups is 1. The molecule has 32 heavy (non-hydrogen) atoms. The van der Waals surface area contributed by atoms with Crippen LogP contribution in [0, 0.1) is 23.1 Å². The second-order valence-corrected chi connectivity index (χ2v) is 8.30. The Morgan fingerprint density at radius 3 is 2.75 bits per heavy atom. The van der Waals surface area contributed by atoms with Crippen molar-refractivity contribution in [3.05, 3.63) is 41.2 Å². The minimum atomic E-state index is -0.692. The fourth-order valence-electron chi connectivity index (χ4n) is 4.36. The van der Waals surface area contributed by atoms with E-state index in [1.54, 1.807) is 17.2 Å². The maximum atomic E-state index is 14.7. The minimum Gasteiger partial charge on any atom is -0.374 e. The van der Waals surface area contributed by atoms with E-state index in [1.807, 2.05) is 4.90 Å². The molecule has 168 valence electrons. The Balaban J connectivity index is 1.48. The van der Waals surface area contributed by atoms with Crippen LogP contribution in [0.25, 0.3) is 0 Å². The predicted molar refractivity (Wildman–Crippen MR) is 116 cm³/mol. The normalized spacial score (nSPS) is 21.2. The molecule has 2 aliphatic heterocycles. The van der Waals surface area contributed by atoms with Gasteiger partial charge in [0.05, 0.1) is 0 Å². The molecule has 0 radical (unpaired) electrons. The first kappa shape index (κ1) is 22.0. The third-order valence-electron chi connectivity index (χ3n) is 5.76. The van der Waals surface area contributed by atoms with Crippen molar-refractivity contribution in [3.8, 4) is 6.19 Å². The second kappa shape index (κ2) is 9.53. The van der Waals surface area contributed by atoms with Crippen LogP contribution in [-0.4, -0.2) is 52.5 Å². The molecule has 1 amide bonds. The summed E-state index contributed by atoms with van der Waals surface area (Å²) < 4.78 is 28.4. The van der Waals surface area contributed by atoms with Gasteiger partial charge in [0.1, 0.15) is 18.2 Å². The van der Waals surface area contributed by atoms with Crippen LogP contribution in [0.1, 0.15) is 25.7 Å². The van der Waals surface area contributed by atoms with Gasteiger partial charge in [0.15, 0.2) is 17.8 Å². The van der Waals surface area contributed by atoms with E-state index in [1.165, 1.54) is 18.5 Å². The molecule has 2 fully saturated rings. The molecular formula is C21H22ClF2N7O. The Hall–Kier alpha value is -3.19. The topological polar surface area (TPSA) is 97.2 Å². The van der Waals surface area contributed by atoms with Crippen molar-refractivity contribution in [2.24, 2.45) is 0 Å². The van der Waals surface area contributed by atoms with Crippen LogP contribution in [-0.2, 0) is 4.79 Å². The smallest absolute Gasteiger partial charge is 0.245 e. The number of benzene rings is 1. The van der Waals surface area contributed by atoms with Crippen molar-refractivity contribution in [2.45, 2.75) is 37.8 Å². The van der Waals surface area contributed by atoms with Gasteiger partial charge in [0, 0.05) is 36.4 Å². The van der Waals surface area contributed by atoms with Crippen LogP contribution in [0.15, 0.2) is 24.5 Å². The quantitative estimate of drug-likeness (QED) is 0.520. The maximum absolute atomic E-state index is 14.7. The number of aromatic nitrogens is 2. The first-order valence-electron chi connectivity index (χ1n) is 10.4. The van der Waals surface area contributed by atoms with E-state index in [0.717, 1.165) is 19.3 Å². The molecule has 0 bridgehead atoms. The van der Waals surface area contributed by atoms with Gasteiger partial charge in [-0.3, -0.25) is 10.1 Å². The lowest BCUT2D eigenvalue weighted by molar-refractivity contribution is -0.137. The molecule has 2 aliphatic rings. The van der Waals surface area contributed by atoms with Crippen molar-refractivity contribution >= 4 is 34.8 Å². The highest BCUT2D eigenvalue weighted by Gasteiger charge is 2.36. The number of likely N-dealkylation sites (tertiary alicyclic amines) is 1. The lowest BCUT2D eigenvalue weighted by atomic mass is 9.97. The van der Waals surface area contributed by atoms with Gasteiger partial charge in [-0.05, 0) is 43.9 Å². The van der Waals surface area contributed by atoms with Crippen molar-refractivity contribution in [2.75, 3.05) is 35.2 Å². The average Bonchev–Trinajstić information content (AvgIpc) is 2.76. The summed E-state index contributed by atoms with van der Waals surface area (Å²) in [5.74, 6) is -1.30. The van der Waals surface area contributed by atoms with E-state index >= 15 is 0 Å². The number of rotatable bonds is 5. The standard InChI is InChI=1S/C21H22ClF2N7O/c22-13-7-14(23)9-15(8-13)29-17-4-2-6-31(21(17)32)16-3-1-5-30(10-16)20-18(24)19(26-11-25)27-12-28-20/h7-9,12,16-17,29H,1-6,10H2,(H,26,27,28)/t16-,17?/m1/s1. The highest BCUT2D eigenvalue weighted by Crippen LogP contribution is 2.28. The van der Waals surface area contributed by atoms with Gasteiger partial charge >= 0.3 is 0 Å². The molecule has 2 atom stereocenters. The lowest BCUT2D eigenvalue weighted by Crippen LogP contribution is -2.56. The van der Waals surface area contributed by atoms with Crippen LogP contribution in [0.4, 0.5) is 26.1 Å². The Kier molecular flexibility index (Phi) is 6.55. The molecular weight excluding hydrogens is 440 g/mol. The van der Waals surface area contributed by atoms with E-state index in [0.29, 0.717) is 31.7 Å². The third-order valence-corrected chi connectivity index (χ3v) is 5.98. The molecule has 2 N–H and O–H groups in total. The second-order valence-electron chi connectivity index (χ2n) is 7.87. The molecule has 8 nitrogen and oxygen atoms in total. The van der Waals surface area contributed by atoms with E-state index in [2.05, 4.69) is 20.6 Å². The Bertz CT molecular complexity index is 1030. The van der Waals surface area contributed by atoms with Gasteiger partial charge in [-0.1, -0.05) is 11.6 Å². The minimum absolute atomic E-state index is 0.0709. The molecule has 0 saturated carbocycles. The van der Waals surface area contributed by atoms with Crippen LogP contribution in [0.3, 0.4) is 0 Å². The van der Waals surface area contributed by atoms with Gasteiger partial charge in [0.2, 0.25) is 11.7 Å². The number of amides is 1. The van der Waals surface area contributed by atoms with Gasteiger partial charge in [-0.2, -0.15) is 9.65 Å². The number of hydrogen-bond donors (Lipinski definition) is 2. The van der Waals surface area contributed by atoms with Crippen LogP contribution < -0.4 is 15.5 Å². The van der Waals surface area contributed by atoms with Crippen LogP contribution >= 0.6 is 11.6 Å². The fourth-order valence-corrected chi connectivity index (χ4v) is 4.58. The summed E-state index contributed by atoms with van der Waals surface area (Å²) in [7, 11) is 0. The number of carbonyl (C=O) groups excluding carboxylic acids is 1. The number of nitrogens with zero attached hydrogens (tertiary/aromatic N) is 5. The number of piperidine rings is 2. The zero-order chi connectivity index (χ0) is 22.7. The molecule has 1 unspecified atom stereocenters. The van der Waals surface area contributed by atoms with E-state index in [9.17, 15) is 13.6 Å². The van der Waals surface area contributed by atoms with Crippen LogP contribution in [0.5, 0.6) is 0 Å². The SMILES string of the molecule is N#CNc1ncnc(N2CCC[C@@H](N3CCCC(Nc4cc(F)cc(Cl)c4)C3=O)C2)c1F. The highest BCUT2D eigenvalue weighted by atomic mass is 35.5. The van der Waals surface area contributed by atoms with Gasteiger partial charge in [-0.15, -0.1) is 0 Å². The molecule has 1 aromatic heterocycles. The molecule has 0 aliphatic carbocycles. The summed E-state index contributed by atoms with van der Waals surface area (Å²) in [5.41, 5.74) is 0.459. The molecule has 0 spiro atoms. The Morgan fingerprint density at radius 2 is 1.97 bits per heavy atom. The maximum Gasteiger partial charge on any atom is 0.245 e. The third kappa shape index (κ3) is 4.67. The number of anilines is 3. The summed E-state index contributed by atoms with van der Waals surface area (Å²) in [6.07, 6.45) is 5.84. The number of hydrogen-bond acceptors (Lipinski definition) is 7. The van der Waals surface area contributed by atoms with Crippen LogP contribution in [0.2, 0.25) is 5.02 Å². The summed E-state index contributed by atoms with van der Waals surface area (Å²) in [6.45, 7) is 1.61. The zero-order valence-electron chi connectivity index (χ0n) is 17.2. The van der Waals surface area contributed by atoms with Crippen molar-refractivity contribution in [1.82, 2.24) is 14.9 Å². The van der Waals surface area contributed by atoms with Gasteiger partial charge < -0.3 is 15.1 Å². The molecule has 2 saturated heterocycles. The summed E-state index contributed by atoms with van der Waals surface area (Å²) in [4.78, 5) is 24.6. The Labute approximate surface area is 189 Å². The summed E-state index contributed by atoms with van der Waals surface area (Å²) >= 11 is 5.93. The van der Waals surface area contributed by atoms with Crippen molar-refractivity contribution < 1.29 is 13.6 Å². The monoisotopic (exact) mass is 461 g/mol. The number of nitriles is 1. The Morgan fingerprint density at radius 1 is 1.16 bits per heavy atom. The zero-order valence-corrected chi connectivity index (χ0v) is 17.9. The van der Waals surface area contributed by atoms with Gasteiger partial charge in [0.25, 0.3) is 0 Å².